The van der Waals surface area contributed by atoms with Gasteiger partial charge in [0.15, 0.2) is 0 Å². The number of para-hydroxylation sites is 1. The fourth-order valence-corrected chi connectivity index (χ4v) is 3.26. The average molecular weight is 364 g/mol. The van der Waals surface area contributed by atoms with E-state index in [4.69, 9.17) is 5.26 Å². The van der Waals surface area contributed by atoms with Crippen LogP contribution < -0.4 is 5.32 Å². The Labute approximate surface area is 149 Å². The number of nitriles is 1. The summed E-state index contributed by atoms with van der Waals surface area (Å²) in [5.41, 5.74) is 1.86. The van der Waals surface area contributed by atoms with Crippen LogP contribution in [0.5, 0.6) is 0 Å². The molecule has 1 amide bonds. The van der Waals surface area contributed by atoms with Crippen molar-refractivity contribution in [3.63, 3.8) is 0 Å². The molecule has 0 saturated carbocycles. The second-order valence-electron chi connectivity index (χ2n) is 5.35. The number of hydrogen-bond donors (Lipinski definition) is 1. The highest BCUT2D eigenvalue weighted by molar-refractivity contribution is 7.99. The normalized spacial score (nSPS) is 10.7. The van der Waals surface area contributed by atoms with E-state index in [0.717, 1.165) is 4.90 Å². The summed E-state index contributed by atoms with van der Waals surface area (Å²) < 4.78 is 26.4. The molecule has 0 aliphatic carbocycles. The van der Waals surface area contributed by atoms with Crippen LogP contribution in [0.1, 0.15) is 29.9 Å². The molecule has 0 spiro atoms. The van der Waals surface area contributed by atoms with Crippen LogP contribution in [0.2, 0.25) is 0 Å². The van der Waals surface area contributed by atoms with Crippen molar-refractivity contribution in [2.24, 2.45) is 0 Å². The number of carbonyl (C=O) groups is 1. The Balaban J connectivity index is 2.10. The van der Waals surface area contributed by atoms with Crippen LogP contribution in [0.4, 0.5) is 14.5 Å². The summed E-state index contributed by atoms with van der Waals surface area (Å²) in [4.78, 5) is 13.2. The molecule has 5 nitrogen and oxygen atoms in total. The Bertz CT molecular complexity index is 798. The lowest BCUT2D eigenvalue weighted by molar-refractivity contribution is -0.115. The zero-order valence-electron chi connectivity index (χ0n) is 13.9. The number of benzene rings is 1. The number of nitrogens with zero attached hydrogens (tertiary/aromatic N) is 3. The van der Waals surface area contributed by atoms with Crippen molar-refractivity contribution in [1.29, 1.82) is 5.26 Å². The molecule has 0 aliphatic rings. The molecule has 8 heteroatoms. The van der Waals surface area contributed by atoms with Crippen molar-refractivity contribution >= 4 is 23.4 Å². The molecule has 1 heterocycles. The number of alkyl halides is 2. The molecule has 25 heavy (non-hydrogen) atoms. The molecule has 132 valence electrons. The topological polar surface area (TPSA) is 70.7 Å². The molecule has 0 saturated heterocycles. The number of amides is 1. The Hall–Kier alpha value is -2.40. The third-order valence-corrected chi connectivity index (χ3v) is 4.70. The van der Waals surface area contributed by atoms with Crippen LogP contribution in [-0.4, -0.2) is 21.4 Å². The third kappa shape index (κ3) is 4.79. The molecule has 0 atom stereocenters. The van der Waals surface area contributed by atoms with Gasteiger partial charge in [-0.15, -0.1) is 11.8 Å². The first kappa shape index (κ1) is 18.9. The first-order chi connectivity index (χ1) is 11.9. The van der Waals surface area contributed by atoms with Crippen LogP contribution in [0.3, 0.4) is 0 Å². The van der Waals surface area contributed by atoms with Gasteiger partial charge in [0.1, 0.15) is 0 Å². The minimum absolute atomic E-state index is 0.0262. The summed E-state index contributed by atoms with van der Waals surface area (Å²) in [6.45, 7) is 0.411. The second kappa shape index (κ2) is 8.62. The Kier molecular flexibility index (Phi) is 6.53. The van der Waals surface area contributed by atoms with E-state index in [9.17, 15) is 13.6 Å². The number of nitrogens with one attached hydrogen (secondary N) is 1. The standard InChI is InChI=1S/C17H18F2N4OS/c1-11-13(12(2)23(22-11)17(18)19)10-16(24)21-14-6-3-4-7-15(14)25-9-5-8-20/h3-4,6-7,17H,5,9-10H2,1-2H3,(H,21,24). The number of thioether (sulfide) groups is 1. The van der Waals surface area contributed by atoms with Crippen LogP contribution >= 0.6 is 11.8 Å². The molecular weight excluding hydrogens is 346 g/mol. The molecule has 0 bridgehead atoms. The van der Waals surface area contributed by atoms with Gasteiger partial charge in [-0.25, -0.2) is 4.68 Å². The zero-order chi connectivity index (χ0) is 18.4. The number of hydrogen-bond acceptors (Lipinski definition) is 4. The van der Waals surface area contributed by atoms with Gasteiger partial charge in [0.2, 0.25) is 5.91 Å². The number of halogens is 2. The summed E-state index contributed by atoms with van der Waals surface area (Å²) in [5, 5.41) is 15.2. The predicted octanol–water partition coefficient (Wildman–Crippen LogP) is 4.08. The molecule has 1 N–H and O–H groups in total. The van der Waals surface area contributed by atoms with Crippen molar-refractivity contribution in [2.75, 3.05) is 11.1 Å². The minimum Gasteiger partial charge on any atom is -0.325 e. The van der Waals surface area contributed by atoms with E-state index < -0.39 is 6.55 Å². The molecule has 0 aliphatic heterocycles. The Morgan fingerprint density at radius 2 is 2.12 bits per heavy atom. The van der Waals surface area contributed by atoms with Crippen molar-refractivity contribution in [3.8, 4) is 6.07 Å². The van der Waals surface area contributed by atoms with Crippen molar-refractivity contribution in [2.45, 2.75) is 38.1 Å². The lowest BCUT2D eigenvalue weighted by atomic mass is 10.1. The summed E-state index contributed by atoms with van der Waals surface area (Å²) in [6.07, 6.45) is 0.389. The lowest BCUT2D eigenvalue weighted by Gasteiger charge is -2.10. The summed E-state index contributed by atoms with van der Waals surface area (Å²) in [5.74, 6) is 0.330. The predicted molar refractivity (Wildman–Crippen MR) is 92.7 cm³/mol. The van der Waals surface area contributed by atoms with Crippen LogP contribution in [-0.2, 0) is 11.2 Å². The number of anilines is 1. The largest absolute Gasteiger partial charge is 0.333 e. The fraction of sp³-hybridized carbons (Fsp3) is 0.353. The van der Waals surface area contributed by atoms with Crippen molar-refractivity contribution in [3.05, 3.63) is 41.2 Å². The van der Waals surface area contributed by atoms with Crippen molar-refractivity contribution in [1.82, 2.24) is 9.78 Å². The second-order valence-corrected chi connectivity index (χ2v) is 6.49. The van der Waals surface area contributed by atoms with E-state index in [0.29, 0.717) is 39.5 Å². The molecule has 0 radical (unpaired) electrons. The van der Waals surface area contributed by atoms with E-state index in [1.54, 1.807) is 19.1 Å². The highest BCUT2D eigenvalue weighted by atomic mass is 32.2. The van der Waals surface area contributed by atoms with Crippen molar-refractivity contribution < 1.29 is 13.6 Å². The minimum atomic E-state index is -2.73. The first-order valence-corrected chi connectivity index (χ1v) is 8.64. The SMILES string of the molecule is Cc1nn(C(F)F)c(C)c1CC(=O)Nc1ccccc1SCCC#N. The summed E-state index contributed by atoms with van der Waals surface area (Å²) in [7, 11) is 0. The number of aromatic nitrogens is 2. The van der Waals surface area contributed by atoms with Gasteiger partial charge in [0.05, 0.1) is 23.9 Å². The first-order valence-electron chi connectivity index (χ1n) is 7.65. The van der Waals surface area contributed by atoms with Gasteiger partial charge < -0.3 is 5.32 Å². The highest BCUT2D eigenvalue weighted by Gasteiger charge is 2.19. The molecule has 1 aromatic carbocycles. The Morgan fingerprint density at radius 1 is 1.40 bits per heavy atom. The van der Waals surface area contributed by atoms with E-state index in [1.165, 1.54) is 18.7 Å². The fourth-order valence-electron chi connectivity index (χ4n) is 2.40. The van der Waals surface area contributed by atoms with Crippen LogP contribution in [0, 0.1) is 25.2 Å². The number of rotatable bonds is 7. The van der Waals surface area contributed by atoms with E-state index in [2.05, 4.69) is 16.5 Å². The lowest BCUT2D eigenvalue weighted by Crippen LogP contribution is -2.16. The molecule has 2 aromatic rings. The van der Waals surface area contributed by atoms with E-state index >= 15 is 0 Å². The maximum absolute atomic E-state index is 12.9. The van der Waals surface area contributed by atoms with Crippen LogP contribution in [0.25, 0.3) is 0 Å². The molecule has 1 aromatic heterocycles. The van der Waals surface area contributed by atoms with Crippen LogP contribution in [0.15, 0.2) is 29.2 Å². The van der Waals surface area contributed by atoms with Gasteiger partial charge in [-0.1, -0.05) is 12.1 Å². The number of carbonyl (C=O) groups excluding carboxylic acids is 1. The van der Waals surface area contributed by atoms with E-state index in [1.807, 2.05) is 12.1 Å². The number of aryl methyl sites for hydroxylation is 1. The van der Waals surface area contributed by atoms with Gasteiger partial charge in [-0.2, -0.15) is 19.1 Å². The maximum Gasteiger partial charge on any atom is 0.333 e. The zero-order valence-corrected chi connectivity index (χ0v) is 14.7. The van der Waals surface area contributed by atoms with E-state index in [-0.39, 0.29) is 12.3 Å². The molecule has 0 fully saturated rings. The quantitative estimate of drug-likeness (QED) is 0.594. The maximum atomic E-state index is 12.9. The van der Waals surface area contributed by atoms with Gasteiger partial charge >= 0.3 is 6.55 Å². The third-order valence-electron chi connectivity index (χ3n) is 3.63. The van der Waals surface area contributed by atoms with Gasteiger partial charge in [0, 0.05) is 28.3 Å². The Morgan fingerprint density at radius 3 is 2.76 bits per heavy atom. The monoisotopic (exact) mass is 364 g/mol. The molecular formula is C17H18F2N4OS. The smallest absolute Gasteiger partial charge is 0.325 e. The molecule has 2 rings (SSSR count). The highest BCUT2D eigenvalue weighted by Crippen LogP contribution is 2.28. The summed E-state index contributed by atoms with van der Waals surface area (Å²) >= 11 is 1.48. The average Bonchev–Trinajstić information content (AvgIpc) is 2.85. The van der Waals surface area contributed by atoms with Gasteiger partial charge in [0.25, 0.3) is 0 Å². The summed E-state index contributed by atoms with van der Waals surface area (Å²) in [6, 6.07) is 9.37. The molecule has 0 unspecified atom stereocenters. The van der Waals surface area contributed by atoms with Gasteiger partial charge in [-0.05, 0) is 26.0 Å². The van der Waals surface area contributed by atoms with Gasteiger partial charge in [-0.3, -0.25) is 4.79 Å².